The van der Waals surface area contributed by atoms with Crippen LogP contribution in [0.2, 0.25) is 0 Å². The average molecular weight is 208 g/mol. The van der Waals surface area contributed by atoms with Crippen molar-refractivity contribution >= 4 is 11.6 Å². The van der Waals surface area contributed by atoms with Gasteiger partial charge in [0.05, 0.1) is 6.61 Å². The van der Waals surface area contributed by atoms with Crippen molar-refractivity contribution in [1.82, 2.24) is 0 Å². The first-order chi connectivity index (χ1) is 7.15. The Hall–Kier alpha value is -1.55. The molecule has 2 N–H and O–H groups in total. The zero-order chi connectivity index (χ0) is 11.3. The number of carbonyl (C=O) groups is 1. The van der Waals surface area contributed by atoms with E-state index >= 15 is 0 Å². The number of likely N-dealkylation sites (N-methyl/N-ethyl adjacent to an activating group) is 1. The molecule has 0 aromatic heterocycles. The van der Waals surface area contributed by atoms with E-state index < -0.39 is 5.91 Å². The minimum absolute atomic E-state index is 0.402. The molecule has 1 rings (SSSR count). The number of carbonyl (C=O) groups excluding carboxylic acids is 1. The number of hydrogen-bond acceptors (Lipinski definition) is 3. The van der Waals surface area contributed by atoms with Gasteiger partial charge in [-0.3, -0.25) is 4.79 Å². The van der Waals surface area contributed by atoms with Gasteiger partial charge < -0.3 is 15.4 Å². The van der Waals surface area contributed by atoms with Crippen molar-refractivity contribution in [2.75, 3.05) is 32.2 Å². The van der Waals surface area contributed by atoms with Gasteiger partial charge in [-0.25, -0.2) is 0 Å². The van der Waals surface area contributed by atoms with E-state index in [2.05, 4.69) is 0 Å². The molecule has 4 heteroatoms. The molecule has 0 heterocycles. The highest BCUT2D eigenvalue weighted by Crippen LogP contribution is 2.13. The van der Waals surface area contributed by atoms with Crippen LogP contribution in [0.3, 0.4) is 0 Å². The van der Waals surface area contributed by atoms with E-state index in [4.69, 9.17) is 10.5 Å². The molecule has 0 aliphatic rings. The monoisotopic (exact) mass is 208 g/mol. The maximum atomic E-state index is 10.8. The number of amides is 1. The number of anilines is 1. The van der Waals surface area contributed by atoms with Crippen LogP contribution in [-0.2, 0) is 4.74 Å². The summed E-state index contributed by atoms with van der Waals surface area (Å²) in [5, 5.41) is 0. The number of nitrogens with two attached hydrogens (primary N) is 1. The van der Waals surface area contributed by atoms with Crippen LogP contribution in [0, 0.1) is 0 Å². The molecule has 1 amide bonds. The molecule has 0 bridgehead atoms. The minimum atomic E-state index is -0.402. The molecule has 82 valence electrons. The fraction of sp³-hybridized carbons (Fsp3) is 0.364. The van der Waals surface area contributed by atoms with E-state index in [9.17, 15) is 4.79 Å². The standard InChI is InChI=1S/C11H16N2O2/c1-13(7-8-15-2)10-5-3-9(4-6-10)11(12)14/h3-6H,7-8H2,1-2H3,(H2,12,14). The van der Waals surface area contributed by atoms with E-state index in [1.165, 1.54) is 0 Å². The largest absolute Gasteiger partial charge is 0.383 e. The maximum Gasteiger partial charge on any atom is 0.248 e. The van der Waals surface area contributed by atoms with Gasteiger partial charge in [0.2, 0.25) is 5.91 Å². The Kier molecular flexibility index (Phi) is 4.12. The van der Waals surface area contributed by atoms with Crippen LogP contribution in [0.15, 0.2) is 24.3 Å². The predicted octanol–water partition coefficient (Wildman–Crippen LogP) is 0.868. The highest BCUT2D eigenvalue weighted by atomic mass is 16.5. The number of primary amides is 1. The van der Waals surface area contributed by atoms with Gasteiger partial charge in [0, 0.05) is 32.0 Å². The molecule has 0 unspecified atom stereocenters. The summed E-state index contributed by atoms with van der Waals surface area (Å²) in [6.07, 6.45) is 0. The van der Waals surface area contributed by atoms with Gasteiger partial charge in [-0.15, -0.1) is 0 Å². The Morgan fingerprint density at radius 3 is 2.47 bits per heavy atom. The summed E-state index contributed by atoms with van der Waals surface area (Å²) in [4.78, 5) is 12.9. The Bertz CT molecular complexity index is 322. The molecular weight excluding hydrogens is 192 g/mol. The Balaban J connectivity index is 2.66. The van der Waals surface area contributed by atoms with Gasteiger partial charge in [0.15, 0.2) is 0 Å². The number of methoxy groups -OCH3 is 1. The second-order valence-electron chi connectivity index (χ2n) is 3.33. The van der Waals surface area contributed by atoms with Crippen LogP contribution in [0.4, 0.5) is 5.69 Å². The lowest BCUT2D eigenvalue weighted by atomic mass is 10.2. The lowest BCUT2D eigenvalue weighted by Crippen LogP contribution is -2.22. The van der Waals surface area contributed by atoms with Crippen molar-refractivity contribution in [1.29, 1.82) is 0 Å². The normalized spacial score (nSPS) is 10.0. The highest BCUT2D eigenvalue weighted by molar-refractivity contribution is 5.93. The van der Waals surface area contributed by atoms with Crippen LogP contribution in [0.1, 0.15) is 10.4 Å². The quantitative estimate of drug-likeness (QED) is 0.781. The predicted molar refractivity (Wildman–Crippen MR) is 60.1 cm³/mol. The fourth-order valence-corrected chi connectivity index (χ4v) is 1.24. The zero-order valence-electron chi connectivity index (χ0n) is 9.06. The third-order valence-corrected chi connectivity index (χ3v) is 2.22. The maximum absolute atomic E-state index is 10.8. The topological polar surface area (TPSA) is 55.6 Å². The molecule has 15 heavy (non-hydrogen) atoms. The summed E-state index contributed by atoms with van der Waals surface area (Å²) in [7, 11) is 3.64. The molecule has 0 radical (unpaired) electrons. The van der Waals surface area contributed by atoms with Crippen molar-refractivity contribution in [3.8, 4) is 0 Å². The van der Waals surface area contributed by atoms with E-state index in [-0.39, 0.29) is 0 Å². The number of nitrogens with zero attached hydrogens (tertiary/aromatic N) is 1. The average Bonchev–Trinajstić information content (AvgIpc) is 2.26. The van der Waals surface area contributed by atoms with Crippen LogP contribution in [-0.4, -0.2) is 33.2 Å². The summed E-state index contributed by atoms with van der Waals surface area (Å²) in [5.41, 5.74) is 6.71. The molecule has 4 nitrogen and oxygen atoms in total. The Labute approximate surface area is 89.6 Å². The Morgan fingerprint density at radius 1 is 1.40 bits per heavy atom. The summed E-state index contributed by atoms with van der Waals surface area (Å²) in [6.45, 7) is 1.49. The van der Waals surface area contributed by atoms with E-state index in [1.54, 1.807) is 19.2 Å². The van der Waals surface area contributed by atoms with Gasteiger partial charge in [-0.2, -0.15) is 0 Å². The van der Waals surface area contributed by atoms with Crippen LogP contribution < -0.4 is 10.6 Å². The fourth-order valence-electron chi connectivity index (χ4n) is 1.24. The number of hydrogen-bond donors (Lipinski definition) is 1. The number of ether oxygens (including phenoxy) is 1. The molecular formula is C11H16N2O2. The molecule has 0 saturated carbocycles. The van der Waals surface area contributed by atoms with E-state index in [0.717, 1.165) is 12.2 Å². The molecule has 0 saturated heterocycles. The highest BCUT2D eigenvalue weighted by Gasteiger charge is 2.02. The van der Waals surface area contributed by atoms with E-state index in [0.29, 0.717) is 12.2 Å². The lowest BCUT2D eigenvalue weighted by Gasteiger charge is -2.18. The Morgan fingerprint density at radius 2 is 2.00 bits per heavy atom. The second-order valence-corrected chi connectivity index (χ2v) is 3.33. The van der Waals surface area contributed by atoms with Crippen LogP contribution in [0.5, 0.6) is 0 Å². The van der Waals surface area contributed by atoms with Gasteiger partial charge in [0.1, 0.15) is 0 Å². The molecule has 1 aromatic rings. The van der Waals surface area contributed by atoms with Gasteiger partial charge in [-0.1, -0.05) is 0 Å². The van der Waals surface area contributed by atoms with E-state index in [1.807, 2.05) is 24.1 Å². The minimum Gasteiger partial charge on any atom is -0.383 e. The van der Waals surface area contributed by atoms with Gasteiger partial charge >= 0.3 is 0 Å². The third kappa shape index (κ3) is 3.25. The van der Waals surface area contributed by atoms with Crippen molar-refractivity contribution in [3.63, 3.8) is 0 Å². The molecule has 0 aliphatic heterocycles. The molecule has 0 atom stereocenters. The molecule has 0 spiro atoms. The lowest BCUT2D eigenvalue weighted by molar-refractivity contribution is 0.100. The van der Waals surface area contributed by atoms with Gasteiger partial charge in [-0.05, 0) is 24.3 Å². The van der Waals surface area contributed by atoms with Crippen LogP contribution in [0.25, 0.3) is 0 Å². The summed E-state index contributed by atoms with van der Waals surface area (Å²) in [6, 6.07) is 7.19. The van der Waals surface area contributed by atoms with Crippen molar-refractivity contribution < 1.29 is 9.53 Å². The number of rotatable bonds is 5. The number of benzene rings is 1. The molecule has 1 aromatic carbocycles. The SMILES string of the molecule is COCCN(C)c1ccc(C(N)=O)cc1. The first-order valence-electron chi connectivity index (χ1n) is 4.75. The van der Waals surface area contributed by atoms with Crippen molar-refractivity contribution in [2.45, 2.75) is 0 Å². The van der Waals surface area contributed by atoms with Gasteiger partial charge in [0.25, 0.3) is 0 Å². The zero-order valence-corrected chi connectivity index (χ0v) is 9.06. The third-order valence-electron chi connectivity index (χ3n) is 2.22. The first kappa shape index (κ1) is 11.5. The van der Waals surface area contributed by atoms with Crippen LogP contribution >= 0.6 is 0 Å². The smallest absolute Gasteiger partial charge is 0.248 e. The summed E-state index contributed by atoms with van der Waals surface area (Å²) >= 11 is 0. The molecule has 0 aliphatic carbocycles. The summed E-state index contributed by atoms with van der Waals surface area (Å²) < 4.78 is 4.98. The van der Waals surface area contributed by atoms with Crippen molar-refractivity contribution in [3.05, 3.63) is 29.8 Å². The second kappa shape index (κ2) is 5.36. The first-order valence-corrected chi connectivity index (χ1v) is 4.75. The van der Waals surface area contributed by atoms with Crippen molar-refractivity contribution in [2.24, 2.45) is 5.73 Å². The molecule has 0 fully saturated rings. The summed E-state index contributed by atoms with van der Waals surface area (Å²) in [5.74, 6) is -0.402.